The summed E-state index contributed by atoms with van der Waals surface area (Å²) in [5.41, 5.74) is 3.19. The average Bonchev–Trinajstić information content (AvgIpc) is 2.68. The van der Waals surface area contributed by atoms with Gasteiger partial charge in [0, 0.05) is 0 Å². The minimum atomic E-state index is 0.454. The van der Waals surface area contributed by atoms with E-state index in [0.29, 0.717) is 19.9 Å². The molecule has 0 saturated carbocycles. The maximum atomic E-state index is 4.30. The van der Waals surface area contributed by atoms with Gasteiger partial charge >= 0.3 is 104 Å². The Kier molecular flexibility index (Phi) is 4.00. The molecule has 6 heteroatoms. The molecule has 1 unspecified atom stereocenters. The van der Waals surface area contributed by atoms with Crippen molar-refractivity contribution in [2.24, 2.45) is 5.10 Å². The third-order valence-corrected chi connectivity index (χ3v) is 4.40. The van der Waals surface area contributed by atoms with Gasteiger partial charge in [0.25, 0.3) is 0 Å². The zero-order valence-electron chi connectivity index (χ0n) is 8.01. The number of halogens is 1. The van der Waals surface area contributed by atoms with Crippen LogP contribution in [0.4, 0.5) is 5.82 Å². The van der Waals surface area contributed by atoms with Crippen molar-refractivity contribution in [3.8, 4) is 0 Å². The van der Waals surface area contributed by atoms with E-state index >= 15 is 0 Å². The van der Waals surface area contributed by atoms with E-state index in [2.05, 4.69) is 31.4 Å². The van der Waals surface area contributed by atoms with E-state index in [9.17, 15) is 0 Å². The van der Waals surface area contributed by atoms with Gasteiger partial charge in [-0.25, -0.2) is 0 Å². The number of alkyl halides is 1. The standard InChI is InChI=1S/C9H11BrN4Se/c10-5-4-9-14(12-7-15-9)13-8-3-1-2-6-11-8/h1-3,6-7,9H,4-5H2,(H,11,13). The van der Waals surface area contributed by atoms with E-state index in [0.717, 1.165) is 17.6 Å². The summed E-state index contributed by atoms with van der Waals surface area (Å²) in [5, 5.41) is 9.20. The number of hydrazone groups is 1. The molecule has 4 nitrogen and oxygen atoms in total. The summed E-state index contributed by atoms with van der Waals surface area (Å²) in [6.45, 7) is 0. The quantitative estimate of drug-likeness (QED) is 0.670. The van der Waals surface area contributed by atoms with Crippen LogP contribution in [-0.2, 0) is 0 Å². The molecule has 1 N–H and O–H groups in total. The van der Waals surface area contributed by atoms with Gasteiger partial charge in [0.05, 0.1) is 0 Å². The molecule has 0 radical (unpaired) electrons. The van der Waals surface area contributed by atoms with E-state index in [-0.39, 0.29) is 0 Å². The summed E-state index contributed by atoms with van der Waals surface area (Å²) < 4.78 is 0. The zero-order valence-corrected chi connectivity index (χ0v) is 11.3. The van der Waals surface area contributed by atoms with Crippen LogP contribution in [0.3, 0.4) is 0 Å². The Hall–Kier alpha value is -0.581. The van der Waals surface area contributed by atoms with Gasteiger partial charge in [-0.1, -0.05) is 0 Å². The number of hydrogen-bond donors (Lipinski definition) is 1. The number of aromatic nitrogens is 1. The number of rotatable bonds is 4. The van der Waals surface area contributed by atoms with Crippen molar-refractivity contribution in [2.75, 3.05) is 10.8 Å². The molecule has 1 aliphatic heterocycles. The van der Waals surface area contributed by atoms with Gasteiger partial charge in [-0.05, 0) is 0 Å². The SMILES string of the molecule is BrCCC1[Se]C=NN1Nc1ccccn1. The Balaban J connectivity index is 1.96. The number of anilines is 1. The maximum absolute atomic E-state index is 4.30. The van der Waals surface area contributed by atoms with E-state index in [4.69, 9.17) is 0 Å². The van der Waals surface area contributed by atoms with Crippen molar-refractivity contribution < 1.29 is 0 Å². The van der Waals surface area contributed by atoms with Gasteiger partial charge < -0.3 is 0 Å². The van der Waals surface area contributed by atoms with Gasteiger partial charge in [0.15, 0.2) is 0 Å². The van der Waals surface area contributed by atoms with Crippen LogP contribution in [0.5, 0.6) is 0 Å². The topological polar surface area (TPSA) is 40.5 Å². The molecule has 1 aromatic rings. The monoisotopic (exact) mass is 334 g/mol. The molecule has 15 heavy (non-hydrogen) atoms. The number of hydrazine groups is 1. The van der Waals surface area contributed by atoms with Crippen LogP contribution in [-0.4, -0.2) is 40.4 Å². The molecule has 0 saturated heterocycles. The predicted octanol–water partition coefficient (Wildman–Crippen LogP) is 1.48. The van der Waals surface area contributed by atoms with Crippen molar-refractivity contribution in [3.63, 3.8) is 0 Å². The molecule has 0 amide bonds. The molecular weight excluding hydrogens is 323 g/mol. The number of nitrogens with zero attached hydrogens (tertiary/aromatic N) is 3. The Morgan fingerprint density at radius 1 is 1.53 bits per heavy atom. The summed E-state index contributed by atoms with van der Waals surface area (Å²) in [7, 11) is 0. The molecule has 0 spiro atoms. The van der Waals surface area contributed by atoms with Crippen LogP contribution in [0.1, 0.15) is 6.42 Å². The molecule has 1 atom stereocenters. The van der Waals surface area contributed by atoms with E-state index < -0.39 is 0 Å². The second-order valence-electron chi connectivity index (χ2n) is 2.96. The van der Waals surface area contributed by atoms with Crippen molar-refractivity contribution in [3.05, 3.63) is 24.4 Å². The molecule has 2 rings (SSSR count). The molecule has 80 valence electrons. The van der Waals surface area contributed by atoms with Crippen molar-refractivity contribution in [2.45, 2.75) is 11.4 Å². The van der Waals surface area contributed by atoms with E-state index in [1.807, 2.05) is 28.4 Å². The fourth-order valence-corrected chi connectivity index (χ4v) is 3.95. The first kappa shape index (κ1) is 10.9. The summed E-state index contributed by atoms with van der Waals surface area (Å²) in [6, 6.07) is 5.80. The average molecular weight is 334 g/mol. The van der Waals surface area contributed by atoms with Crippen molar-refractivity contribution >= 4 is 41.8 Å². The van der Waals surface area contributed by atoms with Crippen molar-refractivity contribution in [1.29, 1.82) is 0 Å². The molecule has 0 fully saturated rings. The normalized spacial score (nSPS) is 19.5. The predicted molar refractivity (Wildman–Crippen MR) is 66.1 cm³/mol. The number of hydrogen-bond acceptors (Lipinski definition) is 4. The molecular formula is C9H11BrN4Se. The second-order valence-corrected chi connectivity index (χ2v) is 5.91. The third-order valence-electron chi connectivity index (χ3n) is 1.91. The molecule has 1 aromatic heterocycles. The Labute approximate surface area is 103 Å². The fourth-order valence-electron chi connectivity index (χ4n) is 1.21. The number of nitrogens with one attached hydrogen (secondary N) is 1. The Morgan fingerprint density at radius 3 is 3.20 bits per heavy atom. The number of pyridine rings is 1. The minimum absolute atomic E-state index is 0.454. The van der Waals surface area contributed by atoms with Crippen LogP contribution in [0.15, 0.2) is 29.5 Å². The van der Waals surface area contributed by atoms with Crippen molar-refractivity contribution in [1.82, 2.24) is 10.1 Å². The molecule has 1 aliphatic rings. The Bertz CT molecular complexity index is 332. The van der Waals surface area contributed by atoms with Crippen LogP contribution in [0, 0.1) is 0 Å². The zero-order chi connectivity index (χ0) is 10.5. The van der Waals surface area contributed by atoms with Crippen LogP contribution in [0.25, 0.3) is 0 Å². The van der Waals surface area contributed by atoms with Crippen LogP contribution >= 0.6 is 15.9 Å². The van der Waals surface area contributed by atoms with E-state index in [1.165, 1.54) is 0 Å². The van der Waals surface area contributed by atoms with Gasteiger partial charge in [-0.15, -0.1) is 0 Å². The molecule has 0 aliphatic carbocycles. The Morgan fingerprint density at radius 2 is 2.47 bits per heavy atom. The summed E-state index contributed by atoms with van der Waals surface area (Å²) in [6.07, 6.45) is 2.87. The van der Waals surface area contributed by atoms with Crippen LogP contribution in [0.2, 0.25) is 0 Å². The fraction of sp³-hybridized carbons (Fsp3) is 0.333. The van der Waals surface area contributed by atoms with Gasteiger partial charge in [-0.3, -0.25) is 0 Å². The molecule has 2 heterocycles. The van der Waals surface area contributed by atoms with Gasteiger partial charge in [0.2, 0.25) is 0 Å². The molecule has 0 aromatic carbocycles. The van der Waals surface area contributed by atoms with Gasteiger partial charge in [-0.2, -0.15) is 0 Å². The first-order valence-electron chi connectivity index (χ1n) is 4.61. The summed E-state index contributed by atoms with van der Waals surface area (Å²) in [5.74, 6) is 0.840. The second kappa shape index (κ2) is 5.49. The first-order chi connectivity index (χ1) is 7.40. The third kappa shape index (κ3) is 2.93. The van der Waals surface area contributed by atoms with E-state index in [1.54, 1.807) is 6.20 Å². The van der Waals surface area contributed by atoms with Crippen LogP contribution < -0.4 is 5.43 Å². The van der Waals surface area contributed by atoms with Gasteiger partial charge in [0.1, 0.15) is 0 Å². The first-order valence-corrected chi connectivity index (χ1v) is 7.71. The molecule has 0 bridgehead atoms. The summed E-state index contributed by atoms with van der Waals surface area (Å²) >= 11 is 3.91. The summed E-state index contributed by atoms with van der Waals surface area (Å²) in [4.78, 5) is 4.69.